The molecule has 2 aromatic carbocycles. The number of hydrogen-bond donors (Lipinski definition) is 1. The van der Waals surface area contributed by atoms with Gasteiger partial charge < -0.3 is 10.1 Å². The Morgan fingerprint density at radius 2 is 1.73 bits per heavy atom. The molecule has 1 amide bonds. The van der Waals surface area contributed by atoms with E-state index in [1.807, 2.05) is 24.3 Å². The van der Waals surface area contributed by atoms with Crippen LogP contribution in [0.3, 0.4) is 0 Å². The Hall–Kier alpha value is -2.65. The lowest BCUT2D eigenvalue weighted by Gasteiger charge is -2.27. The number of benzene rings is 2. The second kappa shape index (κ2) is 10.4. The van der Waals surface area contributed by atoms with E-state index in [1.54, 1.807) is 0 Å². The molecule has 0 aliphatic carbocycles. The Labute approximate surface area is 177 Å². The lowest BCUT2D eigenvalue weighted by Crippen LogP contribution is -2.46. The number of halogens is 1. The van der Waals surface area contributed by atoms with E-state index in [4.69, 9.17) is 4.74 Å². The lowest BCUT2D eigenvalue weighted by molar-refractivity contribution is -0.119. The monoisotopic (exact) mass is 437 g/mol. The summed E-state index contributed by atoms with van der Waals surface area (Å²) in [5.41, 5.74) is 0.870. The SMILES string of the molecule is CC(C)c1ccccc1OCCNC(=O)CN(c1ccccc1F)S(=O)(=O)N(C)C. The summed E-state index contributed by atoms with van der Waals surface area (Å²) in [6.07, 6.45) is 0. The minimum atomic E-state index is -4.06. The first kappa shape index (κ1) is 23.6. The molecule has 164 valence electrons. The normalized spacial score (nSPS) is 11.6. The molecule has 0 atom stereocenters. The Bertz CT molecular complexity index is 964. The lowest BCUT2D eigenvalue weighted by atomic mass is 10.0. The first-order valence-corrected chi connectivity index (χ1v) is 11.0. The van der Waals surface area contributed by atoms with Gasteiger partial charge in [0.25, 0.3) is 0 Å². The minimum absolute atomic E-state index is 0.179. The van der Waals surface area contributed by atoms with Crippen LogP contribution < -0.4 is 14.4 Å². The largest absolute Gasteiger partial charge is 0.491 e. The van der Waals surface area contributed by atoms with Crippen molar-refractivity contribution < 1.29 is 22.3 Å². The van der Waals surface area contributed by atoms with E-state index >= 15 is 0 Å². The Kier molecular flexibility index (Phi) is 8.19. The number of nitrogens with zero attached hydrogens (tertiary/aromatic N) is 2. The standard InChI is InChI=1S/C21H28FN3O4S/c1-16(2)17-9-5-8-12-20(17)29-14-13-23-21(26)15-25(30(27,28)24(3)4)19-11-7-6-10-18(19)22/h5-12,16H,13-15H2,1-4H3,(H,23,26). The molecule has 0 unspecified atom stereocenters. The predicted octanol–water partition coefficient (Wildman–Crippen LogP) is 2.76. The van der Waals surface area contributed by atoms with E-state index < -0.39 is 28.5 Å². The highest BCUT2D eigenvalue weighted by Crippen LogP contribution is 2.25. The van der Waals surface area contributed by atoms with E-state index in [1.165, 1.54) is 32.3 Å². The van der Waals surface area contributed by atoms with Crippen LogP contribution in [0.5, 0.6) is 5.75 Å². The van der Waals surface area contributed by atoms with Crippen molar-refractivity contribution >= 4 is 21.8 Å². The van der Waals surface area contributed by atoms with Crippen molar-refractivity contribution in [2.45, 2.75) is 19.8 Å². The highest BCUT2D eigenvalue weighted by Gasteiger charge is 2.29. The molecule has 2 aromatic rings. The highest BCUT2D eigenvalue weighted by atomic mass is 32.2. The Morgan fingerprint density at radius 1 is 1.10 bits per heavy atom. The smallest absolute Gasteiger partial charge is 0.304 e. The maximum Gasteiger partial charge on any atom is 0.304 e. The number of carbonyl (C=O) groups is 1. The molecule has 0 aliphatic rings. The van der Waals surface area contributed by atoms with Gasteiger partial charge in [0.05, 0.1) is 12.2 Å². The maximum absolute atomic E-state index is 14.2. The van der Waals surface area contributed by atoms with Gasteiger partial charge in [0.1, 0.15) is 24.7 Å². The number of rotatable bonds is 10. The molecule has 0 bridgehead atoms. The van der Waals surface area contributed by atoms with Crippen molar-refractivity contribution in [3.05, 3.63) is 59.9 Å². The molecule has 0 fully saturated rings. The van der Waals surface area contributed by atoms with Gasteiger partial charge in [-0.05, 0) is 29.7 Å². The van der Waals surface area contributed by atoms with Crippen LogP contribution >= 0.6 is 0 Å². The van der Waals surface area contributed by atoms with Gasteiger partial charge in [0.2, 0.25) is 5.91 Å². The number of carbonyl (C=O) groups excluding carboxylic acids is 1. The molecule has 1 N–H and O–H groups in total. The second-order valence-corrected chi connectivity index (χ2v) is 9.21. The molecule has 0 heterocycles. The first-order chi connectivity index (χ1) is 14.1. The average Bonchev–Trinajstić information content (AvgIpc) is 2.70. The van der Waals surface area contributed by atoms with Crippen LogP contribution in [-0.4, -0.2) is 52.4 Å². The van der Waals surface area contributed by atoms with Crippen LogP contribution in [-0.2, 0) is 15.0 Å². The zero-order valence-corrected chi connectivity index (χ0v) is 18.4. The molecular formula is C21H28FN3O4S. The third-order valence-corrected chi connectivity index (χ3v) is 6.18. The van der Waals surface area contributed by atoms with E-state index in [2.05, 4.69) is 19.2 Å². The van der Waals surface area contributed by atoms with Gasteiger partial charge in [-0.3, -0.25) is 4.79 Å². The molecule has 0 saturated heterocycles. The van der Waals surface area contributed by atoms with Gasteiger partial charge in [0, 0.05) is 14.1 Å². The topological polar surface area (TPSA) is 79.0 Å². The van der Waals surface area contributed by atoms with E-state index in [0.29, 0.717) is 5.92 Å². The predicted molar refractivity (Wildman–Crippen MR) is 115 cm³/mol. The van der Waals surface area contributed by atoms with Crippen molar-refractivity contribution in [3.63, 3.8) is 0 Å². The van der Waals surface area contributed by atoms with Gasteiger partial charge in [-0.25, -0.2) is 8.70 Å². The van der Waals surface area contributed by atoms with Crippen LogP contribution in [0.15, 0.2) is 48.5 Å². The molecule has 0 aliphatic heterocycles. The van der Waals surface area contributed by atoms with Crippen molar-refractivity contribution in [1.29, 1.82) is 0 Å². The quantitative estimate of drug-likeness (QED) is 0.580. The third kappa shape index (κ3) is 5.93. The number of amides is 1. The van der Waals surface area contributed by atoms with Crippen LogP contribution in [0.4, 0.5) is 10.1 Å². The highest BCUT2D eigenvalue weighted by molar-refractivity contribution is 7.90. The van der Waals surface area contributed by atoms with Crippen molar-refractivity contribution in [2.24, 2.45) is 0 Å². The molecule has 2 rings (SSSR count). The van der Waals surface area contributed by atoms with Gasteiger partial charge in [-0.2, -0.15) is 12.7 Å². The molecular weight excluding hydrogens is 409 g/mol. The van der Waals surface area contributed by atoms with Crippen LogP contribution in [0, 0.1) is 5.82 Å². The number of ether oxygens (including phenoxy) is 1. The van der Waals surface area contributed by atoms with E-state index in [0.717, 1.165) is 26.0 Å². The summed E-state index contributed by atoms with van der Waals surface area (Å²) in [7, 11) is -1.42. The van der Waals surface area contributed by atoms with Gasteiger partial charge >= 0.3 is 10.2 Å². The maximum atomic E-state index is 14.2. The third-order valence-electron chi connectivity index (χ3n) is 4.37. The fraction of sp³-hybridized carbons (Fsp3) is 0.381. The number of anilines is 1. The van der Waals surface area contributed by atoms with Gasteiger partial charge in [-0.15, -0.1) is 0 Å². The fourth-order valence-electron chi connectivity index (χ4n) is 2.77. The van der Waals surface area contributed by atoms with Crippen LogP contribution in [0.1, 0.15) is 25.3 Å². The summed E-state index contributed by atoms with van der Waals surface area (Å²) in [5, 5.41) is 2.62. The summed E-state index contributed by atoms with van der Waals surface area (Å²) in [4.78, 5) is 12.4. The van der Waals surface area contributed by atoms with Crippen molar-refractivity contribution in [3.8, 4) is 5.75 Å². The molecule has 0 aromatic heterocycles. The Morgan fingerprint density at radius 3 is 2.37 bits per heavy atom. The van der Waals surface area contributed by atoms with E-state index in [9.17, 15) is 17.6 Å². The summed E-state index contributed by atoms with van der Waals surface area (Å²) in [6.45, 7) is 3.97. The van der Waals surface area contributed by atoms with Crippen LogP contribution in [0.25, 0.3) is 0 Å². The molecule has 30 heavy (non-hydrogen) atoms. The van der Waals surface area contributed by atoms with E-state index in [-0.39, 0.29) is 18.8 Å². The molecule has 0 radical (unpaired) electrons. The van der Waals surface area contributed by atoms with Gasteiger partial charge in [0.15, 0.2) is 0 Å². The number of para-hydroxylation sites is 2. The minimum Gasteiger partial charge on any atom is -0.491 e. The molecule has 7 nitrogen and oxygen atoms in total. The second-order valence-electron chi connectivity index (χ2n) is 7.14. The van der Waals surface area contributed by atoms with Crippen molar-refractivity contribution in [1.82, 2.24) is 9.62 Å². The summed E-state index contributed by atoms with van der Waals surface area (Å²) in [5.74, 6) is -0.264. The molecule has 0 saturated carbocycles. The zero-order chi connectivity index (χ0) is 22.3. The average molecular weight is 438 g/mol. The summed E-state index contributed by atoms with van der Waals surface area (Å²) >= 11 is 0. The first-order valence-electron chi connectivity index (χ1n) is 9.57. The summed E-state index contributed by atoms with van der Waals surface area (Å²) < 4.78 is 46.9. The number of nitrogens with one attached hydrogen (secondary N) is 1. The van der Waals surface area contributed by atoms with Crippen molar-refractivity contribution in [2.75, 3.05) is 38.1 Å². The molecule has 9 heteroatoms. The van der Waals surface area contributed by atoms with Gasteiger partial charge in [-0.1, -0.05) is 44.2 Å². The zero-order valence-electron chi connectivity index (χ0n) is 17.6. The number of hydrogen-bond acceptors (Lipinski definition) is 4. The van der Waals surface area contributed by atoms with Crippen LogP contribution in [0.2, 0.25) is 0 Å². The Balaban J connectivity index is 2.01. The fourth-order valence-corrected chi connectivity index (χ4v) is 3.84. The molecule has 0 spiro atoms. The summed E-state index contributed by atoms with van der Waals surface area (Å²) in [6, 6.07) is 13.1.